The number of benzene rings is 1. The molecule has 1 aliphatic heterocycles. The lowest BCUT2D eigenvalue weighted by atomic mass is 10.3. The average molecular weight is 350 g/mol. The molecule has 1 aromatic carbocycles. The highest BCUT2D eigenvalue weighted by Crippen LogP contribution is 2.37. The number of sulfonamides is 1. The Morgan fingerprint density at radius 2 is 1.68 bits per heavy atom. The monoisotopic (exact) mass is 349 g/mol. The molecule has 0 N–H and O–H groups in total. The smallest absolute Gasteiger partial charge is 0.246 e. The van der Waals surface area contributed by atoms with Gasteiger partial charge in [-0.3, -0.25) is 0 Å². The van der Waals surface area contributed by atoms with Crippen molar-refractivity contribution in [2.45, 2.75) is 17.7 Å². The first-order valence-corrected chi connectivity index (χ1v) is 8.15. The fourth-order valence-corrected chi connectivity index (χ4v) is 4.26. The van der Waals surface area contributed by atoms with Gasteiger partial charge in [0, 0.05) is 19.2 Å². The molecule has 0 aromatic heterocycles. The molecule has 1 aliphatic rings. The highest BCUT2D eigenvalue weighted by atomic mass is 79.9. The van der Waals surface area contributed by atoms with E-state index in [9.17, 15) is 8.42 Å². The van der Waals surface area contributed by atoms with Gasteiger partial charge in [0.05, 0.1) is 18.7 Å². The maximum absolute atomic E-state index is 12.6. The number of hydrogen-bond donors (Lipinski definition) is 0. The third-order valence-corrected chi connectivity index (χ3v) is 5.66. The molecule has 0 radical (unpaired) electrons. The highest BCUT2D eigenvalue weighted by molar-refractivity contribution is 9.10. The summed E-state index contributed by atoms with van der Waals surface area (Å²) in [6, 6.07) is 3.11. The largest absolute Gasteiger partial charge is 0.496 e. The van der Waals surface area contributed by atoms with Crippen molar-refractivity contribution in [2.75, 3.05) is 27.3 Å². The van der Waals surface area contributed by atoms with Crippen LogP contribution in [0.15, 0.2) is 21.5 Å². The van der Waals surface area contributed by atoms with E-state index in [1.807, 2.05) is 0 Å². The Labute approximate surface area is 121 Å². The molecule has 0 aliphatic carbocycles. The Kier molecular flexibility index (Phi) is 4.37. The fraction of sp³-hybridized carbons (Fsp3) is 0.500. The predicted octanol–water partition coefficient (Wildman–Crippen LogP) is 2.25. The first-order valence-electron chi connectivity index (χ1n) is 5.92. The van der Waals surface area contributed by atoms with Crippen LogP contribution in [-0.2, 0) is 10.0 Å². The summed E-state index contributed by atoms with van der Waals surface area (Å²) in [5, 5.41) is 0. The second kappa shape index (κ2) is 5.68. The van der Waals surface area contributed by atoms with Crippen molar-refractivity contribution in [1.29, 1.82) is 0 Å². The van der Waals surface area contributed by atoms with Crippen molar-refractivity contribution < 1.29 is 17.9 Å². The van der Waals surface area contributed by atoms with Crippen molar-refractivity contribution in [3.63, 3.8) is 0 Å². The first-order chi connectivity index (χ1) is 9.00. The van der Waals surface area contributed by atoms with Crippen molar-refractivity contribution in [3.8, 4) is 11.5 Å². The molecule has 1 aromatic rings. The first kappa shape index (κ1) is 14.6. The molecule has 0 unspecified atom stereocenters. The zero-order chi connectivity index (χ0) is 14.0. The Morgan fingerprint density at radius 3 is 2.21 bits per heavy atom. The van der Waals surface area contributed by atoms with E-state index >= 15 is 0 Å². The maximum Gasteiger partial charge on any atom is 0.246 e. The number of halogens is 1. The third-order valence-electron chi connectivity index (χ3n) is 3.12. The number of hydrogen-bond acceptors (Lipinski definition) is 4. The van der Waals surface area contributed by atoms with Gasteiger partial charge in [-0.1, -0.05) is 0 Å². The van der Waals surface area contributed by atoms with Crippen molar-refractivity contribution >= 4 is 26.0 Å². The van der Waals surface area contributed by atoms with Crippen LogP contribution in [0.5, 0.6) is 11.5 Å². The van der Waals surface area contributed by atoms with E-state index in [0.29, 0.717) is 29.1 Å². The zero-order valence-corrected chi connectivity index (χ0v) is 13.3. The summed E-state index contributed by atoms with van der Waals surface area (Å²) in [7, 11) is -0.569. The molecule has 7 heteroatoms. The number of rotatable bonds is 4. The van der Waals surface area contributed by atoms with E-state index in [2.05, 4.69) is 15.9 Å². The summed E-state index contributed by atoms with van der Waals surface area (Å²) in [6.45, 7) is 1.12. The quantitative estimate of drug-likeness (QED) is 0.836. The summed E-state index contributed by atoms with van der Waals surface area (Å²) in [4.78, 5) is 0.150. The van der Waals surface area contributed by atoms with E-state index in [-0.39, 0.29) is 4.90 Å². The summed E-state index contributed by atoms with van der Waals surface area (Å²) >= 11 is 3.32. The van der Waals surface area contributed by atoms with Crippen LogP contribution in [0.1, 0.15) is 12.8 Å². The van der Waals surface area contributed by atoms with Crippen LogP contribution in [0, 0.1) is 0 Å². The van der Waals surface area contributed by atoms with Gasteiger partial charge >= 0.3 is 0 Å². The molecule has 0 saturated carbocycles. The van der Waals surface area contributed by atoms with Crippen LogP contribution in [-0.4, -0.2) is 40.0 Å². The molecule has 1 heterocycles. The summed E-state index contributed by atoms with van der Waals surface area (Å²) in [5.41, 5.74) is 0. The topological polar surface area (TPSA) is 55.8 Å². The molecule has 19 heavy (non-hydrogen) atoms. The van der Waals surface area contributed by atoms with E-state index in [0.717, 1.165) is 12.8 Å². The van der Waals surface area contributed by atoms with Crippen molar-refractivity contribution in [1.82, 2.24) is 4.31 Å². The van der Waals surface area contributed by atoms with Gasteiger partial charge < -0.3 is 9.47 Å². The lowest BCUT2D eigenvalue weighted by Crippen LogP contribution is -2.28. The van der Waals surface area contributed by atoms with Gasteiger partial charge in [0.15, 0.2) is 0 Å². The Bertz CT molecular complexity index is 567. The Morgan fingerprint density at radius 1 is 1.11 bits per heavy atom. The Hall–Kier alpha value is -0.790. The minimum atomic E-state index is -3.52. The van der Waals surface area contributed by atoms with Gasteiger partial charge in [0.1, 0.15) is 16.4 Å². The average Bonchev–Trinajstić information content (AvgIpc) is 2.92. The van der Waals surface area contributed by atoms with Crippen molar-refractivity contribution in [2.24, 2.45) is 0 Å². The minimum Gasteiger partial charge on any atom is -0.496 e. The predicted molar refractivity (Wildman–Crippen MR) is 75.2 cm³/mol. The number of methoxy groups -OCH3 is 2. The van der Waals surface area contributed by atoms with E-state index in [1.165, 1.54) is 24.6 Å². The van der Waals surface area contributed by atoms with Gasteiger partial charge in [-0.15, -0.1) is 0 Å². The van der Waals surface area contributed by atoms with Crippen LogP contribution < -0.4 is 9.47 Å². The molecule has 0 bridgehead atoms. The molecular formula is C12H16BrNO4S. The molecule has 5 nitrogen and oxygen atoms in total. The molecule has 1 saturated heterocycles. The van der Waals surface area contributed by atoms with Gasteiger partial charge in [-0.25, -0.2) is 8.42 Å². The van der Waals surface area contributed by atoms with Crippen molar-refractivity contribution in [3.05, 3.63) is 16.6 Å². The lowest BCUT2D eigenvalue weighted by Gasteiger charge is -2.18. The minimum absolute atomic E-state index is 0.150. The number of ether oxygens (including phenoxy) is 2. The molecule has 0 spiro atoms. The summed E-state index contributed by atoms with van der Waals surface area (Å²) in [5.74, 6) is 0.790. The second-order valence-corrected chi connectivity index (χ2v) is 7.01. The lowest BCUT2D eigenvalue weighted by molar-refractivity contribution is 0.387. The molecule has 106 valence electrons. The highest BCUT2D eigenvalue weighted by Gasteiger charge is 2.30. The third kappa shape index (κ3) is 2.73. The van der Waals surface area contributed by atoms with E-state index in [1.54, 1.807) is 6.07 Å². The maximum atomic E-state index is 12.6. The standard InChI is InChI=1S/C12H16BrNO4S/c1-17-10-8-12(11(18-2)7-9(10)13)19(15,16)14-5-3-4-6-14/h7-8H,3-6H2,1-2H3. The van der Waals surface area contributed by atoms with Crippen LogP contribution >= 0.6 is 15.9 Å². The normalized spacial score (nSPS) is 16.6. The van der Waals surface area contributed by atoms with Gasteiger partial charge in [0.2, 0.25) is 10.0 Å². The number of nitrogens with zero attached hydrogens (tertiary/aromatic N) is 1. The molecule has 0 amide bonds. The van der Waals surface area contributed by atoms with Gasteiger partial charge in [-0.05, 0) is 34.8 Å². The van der Waals surface area contributed by atoms with Crippen LogP contribution in [0.25, 0.3) is 0 Å². The van der Waals surface area contributed by atoms with Gasteiger partial charge in [-0.2, -0.15) is 4.31 Å². The molecule has 2 rings (SSSR count). The van der Waals surface area contributed by atoms with Gasteiger partial charge in [0.25, 0.3) is 0 Å². The fourth-order valence-electron chi connectivity index (χ4n) is 2.10. The molecule has 1 fully saturated rings. The Balaban J connectivity index is 2.53. The summed E-state index contributed by atoms with van der Waals surface area (Å²) in [6.07, 6.45) is 1.80. The summed E-state index contributed by atoms with van der Waals surface area (Å²) < 4.78 is 37.6. The van der Waals surface area contributed by atoms with E-state index < -0.39 is 10.0 Å². The van der Waals surface area contributed by atoms with Crippen LogP contribution in [0.3, 0.4) is 0 Å². The second-order valence-electron chi connectivity index (χ2n) is 4.25. The van der Waals surface area contributed by atoms with E-state index in [4.69, 9.17) is 9.47 Å². The molecular weight excluding hydrogens is 334 g/mol. The van der Waals surface area contributed by atoms with Crippen LogP contribution in [0.4, 0.5) is 0 Å². The SMILES string of the molecule is COc1cc(S(=O)(=O)N2CCCC2)c(OC)cc1Br. The molecule has 0 atom stereocenters. The zero-order valence-electron chi connectivity index (χ0n) is 10.8. The van der Waals surface area contributed by atoms with Crippen LogP contribution in [0.2, 0.25) is 0 Å².